The number of aliphatic hydroxyl groups is 1. The van der Waals surface area contributed by atoms with Gasteiger partial charge in [0.2, 0.25) is 0 Å². The van der Waals surface area contributed by atoms with Crippen molar-refractivity contribution in [2.45, 2.75) is 12.3 Å². The topological polar surface area (TPSA) is 69.6 Å². The first-order valence-electron chi connectivity index (χ1n) is 4.62. The van der Waals surface area contributed by atoms with Crippen LogP contribution in [-0.4, -0.2) is 22.9 Å². The predicted octanol–water partition coefficient (Wildman–Crippen LogP) is 2.01. The monoisotopic (exact) mass is 249 g/mol. The number of benzene rings is 1. The Kier molecular flexibility index (Phi) is 3.95. The molecule has 0 heterocycles. The van der Waals surface area contributed by atoms with E-state index in [1.165, 1.54) is 0 Å². The minimum atomic E-state index is -4.43. The fourth-order valence-corrected chi connectivity index (χ4v) is 1.20. The summed E-state index contributed by atoms with van der Waals surface area (Å²) in [6, 6.07) is 3.88. The standard InChI is InChI=1S/C10H10F3NO3/c11-10(12,13)7-3-1-6(2-4-7)8(15)5-14-9(16)17/h1-4,8,14-15H,5H2,(H,16,17). The highest BCUT2D eigenvalue weighted by atomic mass is 19.4. The van der Waals surface area contributed by atoms with Crippen molar-refractivity contribution in [1.29, 1.82) is 0 Å². The van der Waals surface area contributed by atoms with Crippen molar-refractivity contribution >= 4 is 6.09 Å². The molecule has 0 saturated heterocycles. The maximum Gasteiger partial charge on any atom is 0.416 e. The molecular formula is C10H10F3NO3. The molecule has 0 radical (unpaired) electrons. The zero-order chi connectivity index (χ0) is 13.1. The smallest absolute Gasteiger partial charge is 0.416 e. The number of carbonyl (C=O) groups is 1. The van der Waals surface area contributed by atoms with Gasteiger partial charge in [0, 0.05) is 0 Å². The van der Waals surface area contributed by atoms with E-state index in [1.807, 2.05) is 5.32 Å². The summed E-state index contributed by atoms with van der Waals surface area (Å²) in [5, 5.41) is 19.7. The van der Waals surface area contributed by atoms with E-state index in [4.69, 9.17) is 5.11 Å². The molecule has 1 aromatic carbocycles. The van der Waals surface area contributed by atoms with E-state index in [0.717, 1.165) is 24.3 Å². The van der Waals surface area contributed by atoms with Crippen molar-refractivity contribution in [3.8, 4) is 0 Å². The number of amides is 1. The van der Waals surface area contributed by atoms with Gasteiger partial charge in [-0.3, -0.25) is 0 Å². The highest BCUT2D eigenvalue weighted by Crippen LogP contribution is 2.29. The van der Waals surface area contributed by atoms with Crippen LogP contribution in [-0.2, 0) is 6.18 Å². The molecule has 0 aromatic heterocycles. The van der Waals surface area contributed by atoms with Crippen LogP contribution in [0.1, 0.15) is 17.2 Å². The lowest BCUT2D eigenvalue weighted by Crippen LogP contribution is -2.26. The van der Waals surface area contributed by atoms with E-state index in [9.17, 15) is 23.1 Å². The second-order valence-corrected chi connectivity index (χ2v) is 3.32. The average Bonchev–Trinajstić information content (AvgIpc) is 2.25. The van der Waals surface area contributed by atoms with Gasteiger partial charge in [0.15, 0.2) is 0 Å². The van der Waals surface area contributed by atoms with Crippen LogP contribution in [0.5, 0.6) is 0 Å². The minimum Gasteiger partial charge on any atom is -0.465 e. The van der Waals surface area contributed by atoms with Crippen molar-refractivity contribution in [3.05, 3.63) is 35.4 Å². The van der Waals surface area contributed by atoms with Gasteiger partial charge in [0.1, 0.15) is 0 Å². The molecule has 1 aromatic rings. The second kappa shape index (κ2) is 5.05. The fourth-order valence-electron chi connectivity index (χ4n) is 1.20. The van der Waals surface area contributed by atoms with Gasteiger partial charge in [-0.05, 0) is 17.7 Å². The van der Waals surface area contributed by atoms with Crippen molar-refractivity contribution in [1.82, 2.24) is 5.32 Å². The van der Waals surface area contributed by atoms with E-state index in [1.54, 1.807) is 0 Å². The molecule has 0 saturated carbocycles. The summed E-state index contributed by atoms with van der Waals surface area (Å²) in [5.41, 5.74) is -0.605. The molecule has 1 unspecified atom stereocenters. The quantitative estimate of drug-likeness (QED) is 0.767. The number of hydrogen-bond acceptors (Lipinski definition) is 2. The zero-order valence-electron chi connectivity index (χ0n) is 8.53. The van der Waals surface area contributed by atoms with Gasteiger partial charge < -0.3 is 15.5 Å². The Bertz CT molecular complexity index is 389. The summed E-state index contributed by atoms with van der Waals surface area (Å²) in [5.74, 6) is 0. The summed E-state index contributed by atoms with van der Waals surface area (Å²) in [6.07, 6.45) is -6.91. The van der Waals surface area contributed by atoms with Crippen LogP contribution in [0.4, 0.5) is 18.0 Å². The Morgan fingerprint density at radius 1 is 1.29 bits per heavy atom. The van der Waals surface area contributed by atoms with Gasteiger partial charge >= 0.3 is 12.3 Å². The molecule has 17 heavy (non-hydrogen) atoms. The largest absolute Gasteiger partial charge is 0.465 e. The molecule has 0 aliphatic rings. The Hall–Kier alpha value is -1.76. The lowest BCUT2D eigenvalue weighted by Gasteiger charge is -2.12. The molecule has 4 nitrogen and oxygen atoms in total. The van der Waals surface area contributed by atoms with Gasteiger partial charge in [0.25, 0.3) is 0 Å². The minimum absolute atomic E-state index is 0.215. The second-order valence-electron chi connectivity index (χ2n) is 3.32. The third kappa shape index (κ3) is 3.95. The first-order valence-corrected chi connectivity index (χ1v) is 4.62. The van der Waals surface area contributed by atoms with Crippen molar-refractivity contribution < 1.29 is 28.2 Å². The molecule has 1 rings (SSSR count). The number of hydrogen-bond donors (Lipinski definition) is 3. The van der Waals surface area contributed by atoms with Gasteiger partial charge in [-0.15, -0.1) is 0 Å². The average molecular weight is 249 g/mol. The van der Waals surface area contributed by atoms with Crippen molar-refractivity contribution in [3.63, 3.8) is 0 Å². The summed E-state index contributed by atoms with van der Waals surface area (Å²) in [4.78, 5) is 10.1. The van der Waals surface area contributed by atoms with Gasteiger partial charge in [0.05, 0.1) is 18.2 Å². The Labute approximate surface area is 94.7 Å². The molecule has 1 amide bonds. The number of halogens is 3. The lowest BCUT2D eigenvalue weighted by molar-refractivity contribution is -0.137. The van der Waals surface area contributed by atoms with Crippen molar-refractivity contribution in [2.24, 2.45) is 0 Å². The normalized spacial score (nSPS) is 13.2. The maximum absolute atomic E-state index is 12.2. The molecule has 0 aliphatic carbocycles. The molecule has 0 spiro atoms. The lowest BCUT2D eigenvalue weighted by atomic mass is 10.1. The summed E-state index contributed by atoms with van der Waals surface area (Å²) in [6.45, 7) is -0.277. The molecule has 1 atom stereocenters. The molecule has 7 heteroatoms. The Morgan fingerprint density at radius 3 is 2.24 bits per heavy atom. The molecule has 0 bridgehead atoms. The van der Waals surface area contributed by atoms with Crippen LogP contribution in [0.25, 0.3) is 0 Å². The zero-order valence-corrected chi connectivity index (χ0v) is 8.53. The first kappa shape index (κ1) is 13.3. The molecule has 94 valence electrons. The number of aliphatic hydroxyl groups excluding tert-OH is 1. The third-order valence-corrected chi connectivity index (χ3v) is 2.07. The number of nitrogens with one attached hydrogen (secondary N) is 1. The number of alkyl halides is 3. The maximum atomic E-state index is 12.2. The van der Waals surface area contributed by atoms with Crippen LogP contribution in [0.2, 0.25) is 0 Å². The van der Waals surface area contributed by atoms with E-state index in [2.05, 4.69) is 0 Å². The van der Waals surface area contributed by atoms with Crippen LogP contribution in [0.3, 0.4) is 0 Å². The summed E-state index contributed by atoms with van der Waals surface area (Å²) >= 11 is 0. The highest BCUT2D eigenvalue weighted by molar-refractivity contribution is 5.64. The Morgan fingerprint density at radius 2 is 1.82 bits per heavy atom. The highest BCUT2D eigenvalue weighted by Gasteiger charge is 2.30. The van der Waals surface area contributed by atoms with Gasteiger partial charge in [-0.25, -0.2) is 4.79 Å². The van der Waals surface area contributed by atoms with E-state index < -0.39 is 23.9 Å². The Balaban J connectivity index is 2.70. The van der Waals surface area contributed by atoms with Crippen LogP contribution < -0.4 is 5.32 Å². The summed E-state index contributed by atoms with van der Waals surface area (Å²) < 4.78 is 36.7. The SMILES string of the molecule is O=C(O)NCC(O)c1ccc(C(F)(F)F)cc1. The fraction of sp³-hybridized carbons (Fsp3) is 0.300. The number of rotatable bonds is 3. The third-order valence-electron chi connectivity index (χ3n) is 2.07. The molecule has 3 N–H and O–H groups in total. The van der Waals surface area contributed by atoms with Crippen LogP contribution in [0.15, 0.2) is 24.3 Å². The molecule has 0 aliphatic heterocycles. The molecule has 0 fully saturated rings. The van der Waals surface area contributed by atoms with E-state index in [-0.39, 0.29) is 12.1 Å². The van der Waals surface area contributed by atoms with E-state index >= 15 is 0 Å². The van der Waals surface area contributed by atoms with Crippen LogP contribution in [0, 0.1) is 0 Å². The number of carboxylic acid groups (broad SMARTS) is 1. The predicted molar refractivity (Wildman–Crippen MR) is 52.4 cm³/mol. The first-order chi connectivity index (χ1) is 7.80. The van der Waals surface area contributed by atoms with E-state index in [0.29, 0.717) is 0 Å². The summed E-state index contributed by atoms with van der Waals surface area (Å²) in [7, 11) is 0. The van der Waals surface area contributed by atoms with Gasteiger partial charge in [-0.1, -0.05) is 12.1 Å². The molecular weight excluding hydrogens is 239 g/mol. The van der Waals surface area contributed by atoms with Crippen LogP contribution >= 0.6 is 0 Å². The van der Waals surface area contributed by atoms with Gasteiger partial charge in [-0.2, -0.15) is 13.2 Å². The van der Waals surface area contributed by atoms with Crippen molar-refractivity contribution in [2.75, 3.05) is 6.54 Å².